The van der Waals surface area contributed by atoms with Crippen LogP contribution in [0.1, 0.15) is 12.5 Å². The van der Waals surface area contributed by atoms with Crippen LogP contribution in [-0.2, 0) is 11.3 Å². The van der Waals surface area contributed by atoms with Gasteiger partial charge in [-0.3, -0.25) is 9.36 Å². The van der Waals surface area contributed by atoms with Crippen molar-refractivity contribution in [2.45, 2.75) is 23.9 Å². The van der Waals surface area contributed by atoms with Crippen LogP contribution in [0.25, 0.3) is 5.69 Å². The van der Waals surface area contributed by atoms with E-state index in [1.54, 1.807) is 25.4 Å². The molecule has 1 heterocycles. The molecule has 7 heteroatoms. The molecule has 0 spiro atoms. The standard InChI is InChI=1S/C20H20FN3O2S/c1-14(19(25)23-13-15-6-8-16(21)9-7-15)27-20-22-10-11-24(20)17-4-3-5-18(12-17)26-2/h3-12,14H,13H2,1-2H3,(H,23,25). The van der Waals surface area contributed by atoms with Crippen molar-refractivity contribution in [2.24, 2.45) is 0 Å². The first kappa shape index (κ1) is 19.0. The maximum absolute atomic E-state index is 12.9. The lowest BCUT2D eigenvalue weighted by atomic mass is 10.2. The molecule has 1 amide bonds. The Balaban J connectivity index is 1.64. The van der Waals surface area contributed by atoms with Crippen molar-refractivity contribution < 1.29 is 13.9 Å². The Morgan fingerprint density at radius 3 is 2.81 bits per heavy atom. The number of rotatable bonds is 7. The van der Waals surface area contributed by atoms with E-state index in [2.05, 4.69) is 10.3 Å². The second-order valence-electron chi connectivity index (χ2n) is 5.89. The number of carbonyl (C=O) groups excluding carboxylic acids is 1. The maximum atomic E-state index is 12.9. The number of nitrogens with zero attached hydrogens (tertiary/aromatic N) is 2. The van der Waals surface area contributed by atoms with Gasteiger partial charge >= 0.3 is 0 Å². The SMILES string of the molecule is COc1cccc(-n2ccnc2SC(C)C(=O)NCc2ccc(F)cc2)c1. The Hall–Kier alpha value is -2.80. The van der Waals surface area contributed by atoms with Gasteiger partial charge in [0.25, 0.3) is 0 Å². The molecule has 27 heavy (non-hydrogen) atoms. The lowest BCUT2D eigenvalue weighted by Gasteiger charge is -2.13. The first-order valence-electron chi connectivity index (χ1n) is 8.43. The third-order valence-electron chi connectivity index (χ3n) is 3.97. The molecule has 0 fully saturated rings. The summed E-state index contributed by atoms with van der Waals surface area (Å²) >= 11 is 1.37. The number of imidazole rings is 1. The van der Waals surface area contributed by atoms with Crippen molar-refractivity contribution in [1.29, 1.82) is 0 Å². The first-order chi connectivity index (χ1) is 13.1. The fourth-order valence-electron chi connectivity index (χ4n) is 2.48. The van der Waals surface area contributed by atoms with E-state index in [0.29, 0.717) is 11.7 Å². The second kappa shape index (κ2) is 8.73. The molecule has 1 aromatic heterocycles. The zero-order chi connectivity index (χ0) is 19.2. The monoisotopic (exact) mass is 385 g/mol. The summed E-state index contributed by atoms with van der Waals surface area (Å²) in [6.07, 6.45) is 3.55. The molecule has 3 rings (SSSR count). The predicted molar refractivity (Wildman–Crippen MR) is 104 cm³/mol. The highest BCUT2D eigenvalue weighted by Crippen LogP contribution is 2.26. The average Bonchev–Trinajstić information content (AvgIpc) is 3.15. The topological polar surface area (TPSA) is 56.2 Å². The van der Waals surface area contributed by atoms with Crippen LogP contribution in [0.4, 0.5) is 4.39 Å². The van der Waals surface area contributed by atoms with E-state index in [0.717, 1.165) is 17.0 Å². The van der Waals surface area contributed by atoms with Gasteiger partial charge in [-0.1, -0.05) is 30.0 Å². The highest BCUT2D eigenvalue weighted by atomic mass is 32.2. The van der Waals surface area contributed by atoms with Crippen LogP contribution in [0.5, 0.6) is 5.75 Å². The third kappa shape index (κ3) is 4.89. The predicted octanol–water partition coefficient (Wildman–Crippen LogP) is 3.82. The van der Waals surface area contributed by atoms with E-state index in [-0.39, 0.29) is 17.0 Å². The van der Waals surface area contributed by atoms with Gasteiger partial charge in [-0.05, 0) is 36.8 Å². The summed E-state index contributed by atoms with van der Waals surface area (Å²) in [5, 5.41) is 3.25. The lowest BCUT2D eigenvalue weighted by molar-refractivity contribution is -0.120. The third-order valence-corrected chi connectivity index (χ3v) is 5.05. The Labute approximate surface area is 161 Å². The van der Waals surface area contributed by atoms with E-state index in [4.69, 9.17) is 4.74 Å². The largest absolute Gasteiger partial charge is 0.497 e. The number of benzene rings is 2. The Morgan fingerprint density at radius 1 is 1.30 bits per heavy atom. The van der Waals surface area contributed by atoms with Gasteiger partial charge in [0.15, 0.2) is 5.16 Å². The van der Waals surface area contributed by atoms with Gasteiger partial charge in [0, 0.05) is 25.0 Å². The fraction of sp³-hybridized carbons (Fsp3) is 0.200. The van der Waals surface area contributed by atoms with Crippen LogP contribution in [0.2, 0.25) is 0 Å². The molecule has 0 aliphatic carbocycles. The normalized spacial score (nSPS) is 11.8. The van der Waals surface area contributed by atoms with Gasteiger partial charge in [0.1, 0.15) is 11.6 Å². The fourth-order valence-corrected chi connectivity index (χ4v) is 3.39. The molecule has 0 radical (unpaired) electrons. The molecule has 0 bridgehead atoms. The zero-order valence-corrected chi connectivity index (χ0v) is 15.9. The number of hydrogen-bond acceptors (Lipinski definition) is 4. The van der Waals surface area contributed by atoms with Crippen molar-refractivity contribution in [3.63, 3.8) is 0 Å². The summed E-state index contributed by atoms with van der Waals surface area (Å²) in [5.74, 6) is 0.352. The molecule has 0 saturated heterocycles. The number of thioether (sulfide) groups is 1. The van der Waals surface area contributed by atoms with Gasteiger partial charge < -0.3 is 10.1 Å². The van der Waals surface area contributed by atoms with Gasteiger partial charge in [-0.25, -0.2) is 9.37 Å². The van der Waals surface area contributed by atoms with Crippen molar-refractivity contribution in [1.82, 2.24) is 14.9 Å². The average molecular weight is 385 g/mol. The molecule has 1 atom stereocenters. The van der Waals surface area contributed by atoms with Gasteiger partial charge in [0.2, 0.25) is 5.91 Å². The number of aromatic nitrogens is 2. The number of carbonyl (C=O) groups is 1. The van der Waals surface area contributed by atoms with E-state index < -0.39 is 0 Å². The van der Waals surface area contributed by atoms with Crippen LogP contribution in [-0.4, -0.2) is 27.8 Å². The number of methoxy groups -OCH3 is 1. The molecule has 3 aromatic rings. The van der Waals surface area contributed by atoms with E-state index in [1.807, 2.05) is 42.0 Å². The van der Waals surface area contributed by atoms with Crippen LogP contribution in [0, 0.1) is 5.82 Å². The first-order valence-corrected chi connectivity index (χ1v) is 9.31. The zero-order valence-electron chi connectivity index (χ0n) is 15.1. The number of nitrogens with one attached hydrogen (secondary N) is 1. The molecular formula is C20H20FN3O2S. The molecule has 0 aliphatic rings. The number of halogens is 1. The summed E-state index contributed by atoms with van der Waals surface area (Å²) in [5.41, 5.74) is 1.76. The quantitative estimate of drug-likeness (QED) is 0.628. The van der Waals surface area contributed by atoms with Gasteiger partial charge in [-0.2, -0.15) is 0 Å². The molecular weight excluding hydrogens is 365 g/mol. The van der Waals surface area contributed by atoms with Crippen LogP contribution in [0.3, 0.4) is 0 Å². The van der Waals surface area contributed by atoms with Crippen LogP contribution in [0.15, 0.2) is 66.1 Å². The minimum atomic E-state index is -0.336. The summed E-state index contributed by atoms with van der Waals surface area (Å²) in [7, 11) is 1.62. The minimum Gasteiger partial charge on any atom is -0.497 e. The molecule has 5 nitrogen and oxygen atoms in total. The van der Waals surface area contributed by atoms with Gasteiger partial charge in [0.05, 0.1) is 18.0 Å². The Bertz CT molecular complexity index is 912. The lowest BCUT2D eigenvalue weighted by Crippen LogP contribution is -2.30. The molecule has 140 valence electrons. The van der Waals surface area contributed by atoms with E-state index >= 15 is 0 Å². The summed E-state index contributed by atoms with van der Waals surface area (Å²) in [6.45, 7) is 2.18. The molecule has 0 aliphatic heterocycles. The van der Waals surface area contributed by atoms with Crippen molar-refractivity contribution in [3.8, 4) is 11.4 Å². The van der Waals surface area contributed by atoms with Crippen molar-refractivity contribution >= 4 is 17.7 Å². The molecule has 1 unspecified atom stereocenters. The number of hydrogen-bond donors (Lipinski definition) is 1. The van der Waals surface area contributed by atoms with Gasteiger partial charge in [-0.15, -0.1) is 0 Å². The molecule has 2 aromatic carbocycles. The van der Waals surface area contributed by atoms with Crippen LogP contribution < -0.4 is 10.1 Å². The van der Waals surface area contributed by atoms with Crippen LogP contribution >= 0.6 is 11.8 Å². The Morgan fingerprint density at radius 2 is 2.07 bits per heavy atom. The highest BCUT2D eigenvalue weighted by Gasteiger charge is 2.17. The number of ether oxygens (including phenoxy) is 1. The molecule has 1 N–H and O–H groups in total. The smallest absolute Gasteiger partial charge is 0.233 e. The minimum absolute atomic E-state index is 0.107. The Kier molecular flexibility index (Phi) is 6.13. The van der Waals surface area contributed by atoms with E-state index in [1.165, 1.54) is 23.9 Å². The summed E-state index contributed by atoms with van der Waals surface area (Å²) in [4.78, 5) is 16.8. The van der Waals surface area contributed by atoms with E-state index in [9.17, 15) is 9.18 Å². The summed E-state index contributed by atoms with van der Waals surface area (Å²) < 4.78 is 20.1. The van der Waals surface area contributed by atoms with Crippen molar-refractivity contribution in [3.05, 3.63) is 72.3 Å². The highest BCUT2D eigenvalue weighted by molar-refractivity contribution is 8.00. The number of amides is 1. The summed E-state index contributed by atoms with van der Waals surface area (Å²) in [6, 6.07) is 13.7. The molecule has 0 saturated carbocycles. The second-order valence-corrected chi connectivity index (χ2v) is 7.19. The van der Waals surface area contributed by atoms with Crippen molar-refractivity contribution in [2.75, 3.05) is 7.11 Å². The maximum Gasteiger partial charge on any atom is 0.233 e.